The summed E-state index contributed by atoms with van der Waals surface area (Å²) < 4.78 is 21.5. The van der Waals surface area contributed by atoms with E-state index in [-0.39, 0.29) is 11.4 Å². The molecule has 0 atom stereocenters. The minimum atomic E-state index is -1.04. The minimum absolute atomic E-state index is 0.106. The highest BCUT2D eigenvalue weighted by Crippen LogP contribution is 2.28. The number of carboxylic acids is 1. The molecule has 33 heavy (non-hydrogen) atoms. The Morgan fingerprint density at radius 3 is 2.73 bits per heavy atom. The van der Waals surface area contributed by atoms with Gasteiger partial charge in [0.2, 0.25) is 0 Å². The van der Waals surface area contributed by atoms with Crippen LogP contribution in [0.2, 0.25) is 0 Å². The van der Waals surface area contributed by atoms with Gasteiger partial charge in [-0.05, 0) is 56.7 Å². The van der Waals surface area contributed by atoms with Crippen molar-refractivity contribution in [2.24, 2.45) is 0 Å². The Kier molecular flexibility index (Phi) is 6.26. The molecule has 170 valence electrons. The van der Waals surface area contributed by atoms with Crippen LogP contribution < -0.4 is 10.1 Å². The first-order chi connectivity index (χ1) is 15.9. The van der Waals surface area contributed by atoms with Crippen molar-refractivity contribution in [1.29, 1.82) is 0 Å². The van der Waals surface area contributed by atoms with Gasteiger partial charge in [-0.2, -0.15) is 0 Å². The molecule has 0 saturated carbocycles. The van der Waals surface area contributed by atoms with Crippen molar-refractivity contribution in [2.75, 3.05) is 18.5 Å². The van der Waals surface area contributed by atoms with Gasteiger partial charge in [-0.3, -0.25) is 0 Å². The molecule has 4 rings (SSSR count). The summed E-state index contributed by atoms with van der Waals surface area (Å²) in [5, 5.41) is 13.7. The predicted molar refractivity (Wildman–Crippen MR) is 125 cm³/mol. The van der Waals surface area contributed by atoms with Crippen LogP contribution in [-0.4, -0.2) is 38.8 Å². The van der Waals surface area contributed by atoms with E-state index in [1.807, 2.05) is 13.8 Å². The molecular weight excluding hydrogens is 423 g/mol. The van der Waals surface area contributed by atoms with E-state index in [1.165, 1.54) is 12.4 Å². The molecule has 2 aromatic carbocycles. The fourth-order valence-electron chi connectivity index (χ4n) is 3.96. The van der Waals surface area contributed by atoms with Gasteiger partial charge >= 0.3 is 5.97 Å². The minimum Gasteiger partial charge on any atom is -0.493 e. The van der Waals surface area contributed by atoms with Gasteiger partial charge in [0.15, 0.2) is 0 Å². The van der Waals surface area contributed by atoms with Crippen molar-refractivity contribution in [3.63, 3.8) is 0 Å². The highest BCUT2D eigenvalue weighted by molar-refractivity contribution is 5.92. The fraction of sp³-hybridized carbons (Fsp3) is 0.240. The molecule has 8 heteroatoms. The maximum atomic E-state index is 13.9. The van der Waals surface area contributed by atoms with Gasteiger partial charge < -0.3 is 19.7 Å². The quantitative estimate of drug-likeness (QED) is 0.392. The van der Waals surface area contributed by atoms with E-state index in [4.69, 9.17) is 4.74 Å². The standard InChI is InChI=1S/C25H25FN4O3/c1-4-33-23-11-17(5-6-19(23)25(31)32)21-13-24(29-14-28-21)27-7-8-30-16(3)10-20-15(2)9-18(26)12-22(20)30/h5-6,9-14H,4,7-8H2,1-3H3,(H,31,32)(H,27,28,29). The molecule has 4 aromatic rings. The van der Waals surface area contributed by atoms with Gasteiger partial charge in [-0.1, -0.05) is 6.07 Å². The van der Waals surface area contributed by atoms with Gasteiger partial charge in [0.25, 0.3) is 0 Å². The summed E-state index contributed by atoms with van der Waals surface area (Å²) in [6, 6.07) is 11.9. The second-order valence-corrected chi connectivity index (χ2v) is 7.76. The van der Waals surface area contributed by atoms with Crippen LogP contribution in [0.15, 0.2) is 48.8 Å². The highest BCUT2D eigenvalue weighted by atomic mass is 19.1. The average Bonchev–Trinajstić information content (AvgIpc) is 3.10. The normalized spacial score (nSPS) is 11.0. The Labute approximate surface area is 190 Å². The summed E-state index contributed by atoms with van der Waals surface area (Å²) in [6.07, 6.45) is 1.46. The summed E-state index contributed by atoms with van der Waals surface area (Å²) in [6.45, 7) is 7.30. The number of hydrogen-bond acceptors (Lipinski definition) is 5. The first-order valence-electron chi connectivity index (χ1n) is 10.7. The number of carbonyl (C=O) groups is 1. The summed E-state index contributed by atoms with van der Waals surface area (Å²) >= 11 is 0. The SMILES string of the molecule is CCOc1cc(-c2cc(NCCn3c(C)cc4c(C)cc(F)cc43)ncn2)ccc1C(=O)O. The molecule has 0 aliphatic carbocycles. The van der Waals surface area contributed by atoms with Gasteiger partial charge in [0.1, 0.15) is 29.3 Å². The van der Waals surface area contributed by atoms with E-state index in [2.05, 4.69) is 25.9 Å². The number of aromatic nitrogens is 3. The lowest BCUT2D eigenvalue weighted by Crippen LogP contribution is -2.12. The van der Waals surface area contributed by atoms with E-state index in [1.54, 1.807) is 37.3 Å². The Bertz CT molecular complexity index is 1330. The smallest absolute Gasteiger partial charge is 0.339 e. The van der Waals surface area contributed by atoms with E-state index in [9.17, 15) is 14.3 Å². The molecule has 0 bridgehead atoms. The molecule has 0 fully saturated rings. The Balaban J connectivity index is 1.52. The molecule has 0 spiro atoms. The number of benzene rings is 2. The average molecular weight is 448 g/mol. The maximum Gasteiger partial charge on any atom is 0.339 e. The van der Waals surface area contributed by atoms with E-state index in [0.717, 1.165) is 27.7 Å². The van der Waals surface area contributed by atoms with Crippen LogP contribution in [-0.2, 0) is 6.54 Å². The maximum absolute atomic E-state index is 13.9. The van der Waals surface area contributed by atoms with Crippen LogP contribution in [0.3, 0.4) is 0 Å². The topological polar surface area (TPSA) is 89.3 Å². The van der Waals surface area contributed by atoms with E-state index in [0.29, 0.717) is 37.0 Å². The van der Waals surface area contributed by atoms with Gasteiger partial charge in [0.05, 0.1) is 17.8 Å². The second kappa shape index (κ2) is 9.28. The third kappa shape index (κ3) is 4.64. The van der Waals surface area contributed by atoms with Crippen molar-refractivity contribution < 1.29 is 19.0 Å². The van der Waals surface area contributed by atoms with Crippen LogP contribution in [0.4, 0.5) is 10.2 Å². The molecule has 7 nitrogen and oxygen atoms in total. The number of aromatic carboxylic acids is 1. The van der Waals surface area contributed by atoms with Crippen LogP contribution in [0.1, 0.15) is 28.5 Å². The lowest BCUT2D eigenvalue weighted by molar-refractivity contribution is 0.0692. The molecule has 2 heterocycles. The molecule has 0 unspecified atom stereocenters. The number of nitrogens with zero attached hydrogens (tertiary/aromatic N) is 3. The number of halogens is 1. The lowest BCUT2D eigenvalue weighted by Gasteiger charge is -2.12. The van der Waals surface area contributed by atoms with Crippen molar-refractivity contribution >= 4 is 22.7 Å². The number of nitrogens with one attached hydrogen (secondary N) is 1. The van der Waals surface area contributed by atoms with Crippen LogP contribution in [0, 0.1) is 19.7 Å². The van der Waals surface area contributed by atoms with Gasteiger partial charge in [0, 0.05) is 35.8 Å². The van der Waals surface area contributed by atoms with Crippen LogP contribution in [0.5, 0.6) is 5.75 Å². The summed E-state index contributed by atoms with van der Waals surface area (Å²) in [5.74, 6) is -0.351. The predicted octanol–water partition coefficient (Wildman–Crippen LogP) is 5.06. The zero-order valence-electron chi connectivity index (χ0n) is 18.7. The third-order valence-corrected chi connectivity index (χ3v) is 5.52. The molecule has 0 aliphatic rings. The summed E-state index contributed by atoms with van der Waals surface area (Å²) in [4.78, 5) is 20.0. The monoisotopic (exact) mass is 448 g/mol. The molecule has 0 amide bonds. The Morgan fingerprint density at radius 2 is 1.97 bits per heavy atom. The number of hydrogen-bond donors (Lipinski definition) is 2. The van der Waals surface area contributed by atoms with E-state index < -0.39 is 5.97 Å². The largest absolute Gasteiger partial charge is 0.493 e. The zero-order valence-corrected chi connectivity index (χ0v) is 18.7. The van der Waals surface area contributed by atoms with Crippen molar-refractivity contribution in [1.82, 2.24) is 14.5 Å². The van der Waals surface area contributed by atoms with Crippen LogP contribution >= 0.6 is 0 Å². The second-order valence-electron chi connectivity index (χ2n) is 7.76. The molecule has 0 saturated heterocycles. The van der Waals surface area contributed by atoms with Crippen molar-refractivity contribution in [2.45, 2.75) is 27.3 Å². The first kappa shape index (κ1) is 22.3. The number of rotatable bonds is 8. The van der Waals surface area contributed by atoms with Crippen molar-refractivity contribution in [3.05, 3.63) is 71.4 Å². The molecule has 2 N–H and O–H groups in total. The Hall–Kier alpha value is -3.94. The molecule has 2 aromatic heterocycles. The first-order valence-corrected chi connectivity index (χ1v) is 10.7. The number of fused-ring (bicyclic) bond motifs is 1. The lowest BCUT2D eigenvalue weighted by atomic mass is 10.1. The number of ether oxygens (including phenoxy) is 1. The number of anilines is 1. The summed E-state index contributed by atoms with van der Waals surface area (Å²) in [7, 11) is 0. The third-order valence-electron chi connectivity index (χ3n) is 5.52. The van der Waals surface area contributed by atoms with Gasteiger partial charge in [-0.15, -0.1) is 0 Å². The molecule has 0 aliphatic heterocycles. The zero-order chi connectivity index (χ0) is 23.5. The molecule has 0 radical (unpaired) electrons. The van der Waals surface area contributed by atoms with E-state index >= 15 is 0 Å². The van der Waals surface area contributed by atoms with Gasteiger partial charge in [-0.25, -0.2) is 19.2 Å². The van der Waals surface area contributed by atoms with Crippen molar-refractivity contribution in [3.8, 4) is 17.0 Å². The van der Waals surface area contributed by atoms with Crippen LogP contribution in [0.25, 0.3) is 22.2 Å². The number of aryl methyl sites for hydroxylation is 2. The highest BCUT2D eigenvalue weighted by Gasteiger charge is 2.14. The molecular formula is C25H25FN4O3. The number of carboxylic acid groups (broad SMARTS) is 1. The summed E-state index contributed by atoms with van der Waals surface area (Å²) in [5.41, 5.74) is 4.33. The fourth-order valence-corrected chi connectivity index (χ4v) is 3.96. The Morgan fingerprint density at radius 1 is 1.15 bits per heavy atom.